The average Bonchev–Trinajstić information content (AvgIpc) is 2.82. The Hall–Kier alpha value is -1.35. The van der Waals surface area contributed by atoms with Crippen molar-refractivity contribution in [2.75, 3.05) is 0 Å². The summed E-state index contributed by atoms with van der Waals surface area (Å²) in [5.41, 5.74) is 0.690. The van der Waals surface area contributed by atoms with Crippen molar-refractivity contribution in [3.8, 4) is 0 Å². The third-order valence-electron chi connectivity index (χ3n) is 3.34. The van der Waals surface area contributed by atoms with E-state index in [4.69, 9.17) is 4.42 Å². The number of aliphatic hydroxyl groups is 1. The predicted molar refractivity (Wildman–Crippen MR) is 58.8 cm³/mol. The Kier molecular flexibility index (Phi) is 2.21. The van der Waals surface area contributed by atoms with E-state index in [9.17, 15) is 9.50 Å². The maximum atomic E-state index is 13.0. The van der Waals surface area contributed by atoms with Gasteiger partial charge in [0.15, 0.2) is 0 Å². The van der Waals surface area contributed by atoms with Crippen LogP contribution in [0.5, 0.6) is 0 Å². The van der Waals surface area contributed by atoms with Gasteiger partial charge in [-0.3, -0.25) is 0 Å². The van der Waals surface area contributed by atoms with E-state index < -0.39 is 0 Å². The molecule has 1 aromatic carbocycles. The lowest BCUT2D eigenvalue weighted by atomic mass is 10.0. The van der Waals surface area contributed by atoms with Crippen LogP contribution >= 0.6 is 0 Å². The monoisotopic (exact) mass is 220 g/mol. The molecule has 2 atom stereocenters. The first-order valence-corrected chi connectivity index (χ1v) is 5.61. The summed E-state index contributed by atoms with van der Waals surface area (Å²) in [5.74, 6) is 0.605. The van der Waals surface area contributed by atoms with Crippen LogP contribution in [0.4, 0.5) is 4.39 Å². The Morgan fingerprint density at radius 1 is 1.25 bits per heavy atom. The van der Waals surface area contributed by atoms with Crippen LogP contribution in [-0.4, -0.2) is 11.2 Å². The normalized spacial score (nSPS) is 25.4. The molecule has 84 valence electrons. The van der Waals surface area contributed by atoms with Gasteiger partial charge in [0.05, 0.1) is 6.10 Å². The zero-order chi connectivity index (χ0) is 11.1. The smallest absolute Gasteiger partial charge is 0.134 e. The molecule has 0 aliphatic heterocycles. The number of hydrogen-bond donors (Lipinski definition) is 1. The Labute approximate surface area is 92.7 Å². The highest BCUT2D eigenvalue weighted by molar-refractivity contribution is 5.78. The van der Waals surface area contributed by atoms with Gasteiger partial charge >= 0.3 is 0 Å². The van der Waals surface area contributed by atoms with Gasteiger partial charge in [-0.15, -0.1) is 0 Å². The third kappa shape index (κ3) is 1.52. The lowest BCUT2D eigenvalue weighted by Gasteiger charge is -2.10. The van der Waals surface area contributed by atoms with Gasteiger partial charge < -0.3 is 9.52 Å². The number of aliphatic hydroxyl groups excluding tert-OH is 1. The second-order valence-electron chi connectivity index (χ2n) is 4.44. The van der Waals surface area contributed by atoms with Gasteiger partial charge in [0.1, 0.15) is 17.2 Å². The van der Waals surface area contributed by atoms with E-state index in [0.29, 0.717) is 5.58 Å². The summed E-state index contributed by atoms with van der Waals surface area (Å²) in [7, 11) is 0. The summed E-state index contributed by atoms with van der Waals surface area (Å²) in [6.45, 7) is 0. The fourth-order valence-corrected chi connectivity index (χ4v) is 2.49. The van der Waals surface area contributed by atoms with Crippen molar-refractivity contribution in [2.45, 2.75) is 31.3 Å². The summed E-state index contributed by atoms with van der Waals surface area (Å²) in [6.07, 6.45) is 2.49. The molecule has 1 heterocycles. The highest BCUT2D eigenvalue weighted by atomic mass is 19.1. The van der Waals surface area contributed by atoms with Crippen molar-refractivity contribution in [1.29, 1.82) is 0 Å². The van der Waals surface area contributed by atoms with Crippen molar-refractivity contribution in [2.24, 2.45) is 0 Å². The zero-order valence-corrected chi connectivity index (χ0v) is 8.82. The van der Waals surface area contributed by atoms with Gasteiger partial charge in [0, 0.05) is 11.3 Å². The highest BCUT2D eigenvalue weighted by Crippen LogP contribution is 2.37. The number of benzene rings is 1. The lowest BCUT2D eigenvalue weighted by Crippen LogP contribution is -2.09. The standard InChI is InChI=1S/C13H13FO2/c14-9-4-5-12-8(6-9)7-13(16-12)10-2-1-3-11(10)15/h4-7,10-11,15H,1-3H2. The van der Waals surface area contributed by atoms with Crippen LogP contribution in [0.2, 0.25) is 0 Å². The van der Waals surface area contributed by atoms with Crippen LogP contribution in [0.1, 0.15) is 30.9 Å². The molecule has 0 bridgehead atoms. The molecular weight excluding hydrogens is 207 g/mol. The molecule has 3 rings (SSSR count). The maximum absolute atomic E-state index is 13.0. The number of halogens is 1. The molecule has 0 amide bonds. The zero-order valence-electron chi connectivity index (χ0n) is 8.82. The largest absolute Gasteiger partial charge is 0.461 e. The number of furan rings is 1. The summed E-state index contributed by atoms with van der Waals surface area (Å²) >= 11 is 0. The first-order chi connectivity index (χ1) is 7.74. The van der Waals surface area contributed by atoms with Crippen molar-refractivity contribution in [3.63, 3.8) is 0 Å². The Balaban J connectivity index is 2.04. The molecule has 2 unspecified atom stereocenters. The van der Waals surface area contributed by atoms with Crippen LogP contribution in [0.15, 0.2) is 28.7 Å². The van der Waals surface area contributed by atoms with Crippen LogP contribution in [0, 0.1) is 5.82 Å². The minimum absolute atomic E-state index is 0.0791. The molecule has 1 saturated carbocycles. The van der Waals surface area contributed by atoms with Crippen molar-refractivity contribution in [1.82, 2.24) is 0 Å². The summed E-state index contributed by atoms with van der Waals surface area (Å²) < 4.78 is 18.7. The van der Waals surface area contributed by atoms with Gasteiger partial charge in [0.2, 0.25) is 0 Å². The summed E-state index contributed by atoms with van der Waals surface area (Å²) in [6, 6.07) is 6.33. The lowest BCUT2D eigenvalue weighted by molar-refractivity contribution is 0.155. The first kappa shape index (κ1) is 9.85. The van der Waals surface area contributed by atoms with Crippen LogP contribution in [0.3, 0.4) is 0 Å². The molecule has 1 N–H and O–H groups in total. The van der Waals surface area contributed by atoms with Crippen molar-refractivity contribution in [3.05, 3.63) is 35.8 Å². The van der Waals surface area contributed by atoms with Gasteiger partial charge in [-0.1, -0.05) is 6.42 Å². The van der Waals surface area contributed by atoms with E-state index in [1.807, 2.05) is 6.07 Å². The SMILES string of the molecule is OC1CCCC1c1cc2cc(F)ccc2o1. The fourth-order valence-electron chi connectivity index (χ4n) is 2.49. The quantitative estimate of drug-likeness (QED) is 0.800. The molecule has 3 heteroatoms. The molecule has 16 heavy (non-hydrogen) atoms. The Bertz CT molecular complexity index is 518. The molecule has 2 nitrogen and oxygen atoms in total. The molecule has 0 saturated heterocycles. The third-order valence-corrected chi connectivity index (χ3v) is 3.34. The van der Waals surface area contributed by atoms with Crippen LogP contribution in [0.25, 0.3) is 11.0 Å². The number of rotatable bonds is 1. The molecule has 2 aromatic rings. The van der Waals surface area contributed by atoms with Gasteiger partial charge in [-0.05, 0) is 37.1 Å². The Morgan fingerprint density at radius 2 is 2.12 bits per heavy atom. The van der Waals surface area contributed by atoms with E-state index in [1.54, 1.807) is 6.07 Å². The fraction of sp³-hybridized carbons (Fsp3) is 0.385. The van der Waals surface area contributed by atoms with Gasteiger partial charge in [0.25, 0.3) is 0 Å². The summed E-state index contributed by atoms with van der Waals surface area (Å²) in [5, 5.41) is 10.6. The molecule has 1 aliphatic carbocycles. The molecule has 0 spiro atoms. The first-order valence-electron chi connectivity index (χ1n) is 5.61. The van der Waals surface area contributed by atoms with Crippen molar-refractivity contribution < 1.29 is 13.9 Å². The minimum atomic E-state index is -0.314. The van der Waals surface area contributed by atoms with Gasteiger partial charge in [-0.25, -0.2) is 4.39 Å². The number of hydrogen-bond acceptors (Lipinski definition) is 2. The van der Waals surface area contributed by atoms with E-state index >= 15 is 0 Å². The average molecular weight is 220 g/mol. The molecule has 0 radical (unpaired) electrons. The van der Waals surface area contributed by atoms with Crippen LogP contribution in [-0.2, 0) is 0 Å². The van der Waals surface area contributed by atoms with Crippen molar-refractivity contribution >= 4 is 11.0 Å². The van der Waals surface area contributed by atoms with Gasteiger partial charge in [-0.2, -0.15) is 0 Å². The molecule has 1 aliphatic rings. The number of fused-ring (bicyclic) bond motifs is 1. The summed E-state index contributed by atoms with van der Waals surface area (Å²) in [4.78, 5) is 0. The maximum Gasteiger partial charge on any atom is 0.134 e. The second kappa shape index (κ2) is 3.59. The van der Waals surface area contributed by atoms with E-state index in [2.05, 4.69) is 0 Å². The van der Waals surface area contributed by atoms with E-state index in [1.165, 1.54) is 12.1 Å². The molecule has 1 aromatic heterocycles. The Morgan fingerprint density at radius 3 is 2.88 bits per heavy atom. The molecular formula is C13H13FO2. The highest BCUT2D eigenvalue weighted by Gasteiger charge is 2.29. The van der Waals surface area contributed by atoms with Crippen LogP contribution < -0.4 is 0 Å². The second-order valence-corrected chi connectivity index (χ2v) is 4.44. The van der Waals surface area contributed by atoms with E-state index in [0.717, 1.165) is 30.4 Å². The molecule has 1 fully saturated rings. The minimum Gasteiger partial charge on any atom is -0.461 e. The predicted octanol–water partition coefficient (Wildman–Crippen LogP) is 3.20. The topological polar surface area (TPSA) is 33.4 Å². The van der Waals surface area contributed by atoms with E-state index in [-0.39, 0.29) is 17.8 Å².